The molecular formula is C23H27N3OS. The average molecular weight is 394 g/mol. The Labute approximate surface area is 170 Å². The minimum Gasteiger partial charge on any atom is -0.497 e. The third kappa shape index (κ3) is 2.89. The highest BCUT2D eigenvalue weighted by Gasteiger charge is 2.22. The number of hydrogen-bond acceptors (Lipinski definition) is 4. The van der Waals surface area contributed by atoms with Gasteiger partial charge in [0, 0.05) is 10.3 Å². The SMILES string of the molecule is CCC(CC)c1cc(C)nn2c(-c3sc4cc(OC)ccc4c3C)c(C)nc12. The lowest BCUT2D eigenvalue weighted by Crippen LogP contribution is -2.05. The Hall–Kier alpha value is -2.40. The van der Waals surface area contributed by atoms with E-state index in [1.165, 1.54) is 26.1 Å². The van der Waals surface area contributed by atoms with Crippen molar-refractivity contribution in [2.45, 2.75) is 53.4 Å². The van der Waals surface area contributed by atoms with Crippen molar-refractivity contribution < 1.29 is 4.74 Å². The molecule has 0 aliphatic heterocycles. The van der Waals surface area contributed by atoms with Gasteiger partial charge in [-0.2, -0.15) is 5.10 Å². The Bertz CT molecular complexity index is 1170. The number of hydrogen-bond donors (Lipinski definition) is 0. The molecule has 0 N–H and O–H groups in total. The van der Waals surface area contributed by atoms with Crippen LogP contribution in [-0.2, 0) is 0 Å². The minimum absolute atomic E-state index is 0.506. The van der Waals surface area contributed by atoms with E-state index in [2.05, 4.69) is 57.3 Å². The summed E-state index contributed by atoms with van der Waals surface area (Å²) in [6, 6.07) is 8.51. The summed E-state index contributed by atoms with van der Waals surface area (Å²) in [4.78, 5) is 6.21. The van der Waals surface area contributed by atoms with Gasteiger partial charge in [0.25, 0.3) is 0 Å². The maximum Gasteiger partial charge on any atom is 0.158 e. The van der Waals surface area contributed by atoms with Gasteiger partial charge in [-0.25, -0.2) is 9.50 Å². The number of rotatable bonds is 5. The van der Waals surface area contributed by atoms with E-state index in [1.54, 1.807) is 18.4 Å². The number of nitrogens with zero attached hydrogens (tertiary/aromatic N) is 3. The standard InChI is InChI=1S/C23H27N3OS/c1-7-16(8-2)19-11-13(3)25-26-21(15(5)24-23(19)26)22-14(4)18-10-9-17(27-6)12-20(18)28-22/h9-12,16H,7-8H2,1-6H3. The fourth-order valence-electron chi connectivity index (χ4n) is 4.13. The zero-order valence-electron chi connectivity index (χ0n) is 17.5. The molecule has 0 unspecified atom stereocenters. The van der Waals surface area contributed by atoms with Gasteiger partial charge in [-0.05, 0) is 74.7 Å². The largest absolute Gasteiger partial charge is 0.497 e. The smallest absolute Gasteiger partial charge is 0.158 e. The van der Waals surface area contributed by atoms with Gasteiger partial charge in [0.05, 0.1) is 23.4 Å². The second-order valence-corrected chi connectivity index (χ2v) is 8.51. The summed E-state index contributed by atoms with van der Waals surface area (Å²) in [6.07, 6.45) is 2.22. The molecule has 3 heterocycles. The Kier molecular flexibility index (Phi) is 4.88. The number of imidazole rings is 1. The molecule has 4 aromatic rings. The number of benzene rings is 1. The van der Waals surface area contributed by atoms with Gasteiger partial charge in [0.2, 0.25) is 0 Å². The Morgan fingerprint density at radius 1 is 1.11 bits per heavy atom. The molecule has 4 rings (SSSR count). The van der Waals surface area contributed by atoms with Crippen molar-refractivity contribution in [1.29, 1.82) is 0 Å². The summed E-state index contributed by atoms with van der Waals surface area (Å²) in [7, 11) is 1.71. The normalized spacial score (nSPS) is 11.8. The number of thiophene rings is 1. The van der Waals surface area contributed by atoms with Gasteiger partial charge in [-0.15, -0.1) is 11.3 Å². The zero-order valence-corrected chi connectivity index (χ0v) is 18.3. The molecule has 0 spiro atoms. The van der Waals surface area contributed by atoms with Crippen LogP contribution in [0.25, 0.3) is 26.3 Å². The summed E-state index contributed by atoms with van der Waals surface area (Å²) in [5.41, 5.74) is 6.78. The van der Waals surface area contributed by atoms with Crippen LogP contribution < -0.4 is 4.74 Å². The molecule has 28 heavy (non-hydrogen) atoms. The fraction of sp³-hybridized carbons (Fsp3) is 0.391. The molecule has 146 valence electrons. The minimum atomic E-state index is 0.506. The predicted octanol–water partition coefficient (Wildman–Crippen LogP) is 6.45. The van der Waals surface area contributed by atoms with E-state index in [1.807, 2.05) is 6.07 Å². The molecule has 0 saturated carbocycles. The summed E-state index contributed by atoms with van der Waals surface area (Å²) in [5.74, 6) is 1.40. The van der Waals surface area contributed by atoms with Gasteiger partial charge in [-0.1, -0.05) is 13.8 Å². The van der Waals surface area contributed by atoms with E-state index in [0.717, 1.165) is 41.3 Å². The van der Waals surface area contributed by atoms with Crippen LogP contribution >= 0.6 is 11.3 Å². The zero-order chi connectivity index (χ0) is 20.0. The monoisotopic (exact) mass is 393 g/mol. The van der Waals surface area contributed by atoms with Crippen LogP contribution in [0, 0.1) is 20.8 Å². The maximum atomic E-state index is 5.42. The van der Waals surface area contributed by atoms with E-state index in [9.17, 15) is 0 Å². The van der Waals surface area contributed by atoms with Gasteiger partial charge in [0.15, 0.2) is 5.65 Å². The Morgan fingerprint density at radius 3 is 2.54 bits per heavy atom. The van der Waals surface area contributed by atoms with Crippen LogP contribution in [0.2, 0.25) is 0 Å². The average Bonchev–Trinajstić information content (AvgIpc) is 3.18. The van der Waals surface area contributed by atoms with E-state index in [-0.39, 0.29) is 0 Å². The molecule has 0 aliphatic carbocycles. The van der Waals surface area contributed by atoms with Crippen LogP contribution in [0.15, 0.2) is 24.3 Å². The number of aromatic nitrogens is 3. The first-order chi connectivity index (χ1) is 13.5. The van der Waals surface area contributed by atoms with E-state index >= 15 is 0 Å². The highest BCUT2D eigenvalue weighted by molar-refractivity contribution is 7.22. The lowest BCUT2D eigenvalue weighted by molar-refractivity contribution is 0.415. The van der Waals surface area contributed by atoms with Crippen molar-refractivity contribution in [2.75, 3.05) is 7.11 Å². The molecule has 0 aliphatic rings. The highest BCUT2D eigenvalue weighted by Crippen LogP contribution is 2.41. The number of ether oxygens (including phenoxy) is 1. The predicted molar refractivity (Wildman–Crippen MR) is 118 cm³/mol. The van der Waals surface area contributed by atoms with Gasteiger partial charge in [0.1, 0.15) is 11.4 Å². The second-order valence-electron chi connectivity index (χ2n) is 7.45. The summed E-state index contributed by atoms with van der Waals surface area (Å²) in [6.45, 7) is 10.9. The van der Waals surface area contributed by atoms with E-state index in [4.69, 9.17) is 14.8 Å². The molecule has 0 fully saturated rings. The maximum absolute atomic E-state index is 5.42. The van der Waals surface area contributed by atoms with Crippen LogP contribution in [0.3, 0.4) is 0 Å². The van der Waals surface area contributed by atoms with Gasteiger partial charge >= 0.3 is 0 Å². The molecule has 5 heteroatoms. The molecule has 0 radical (unpaired) electrons. The summed E-state index contributed by atoms with van der Waals surface area (Å²) in [5, 5.41) is 6.13. The Morgan fingerprint density at radius 2 is 1.86 bits per heavy atom. The van der Waals surface area contributed by atoms with Crippen molar-refractivity contribution in [3.05, 3.63) is 46.8 Å². The van der Waals surface area contributed by atoms with E-state index < -0.39 is 0 Å². The highest BCUT2D eigenvalue weighted by atomic mass is 32.1. The lowest BCUT2D eigenvalue weighted by atomic mass is 9.95. The molecular weight excluding hydrogens is 366 g/mol. The van der Waals surface area contributed by atoms with Crippen molar-refractivity contribution >= 4 is 27.1 Å². The summed E-state index contributed by atoms with van der Waals surface area (Å²) < 4.78 is 8.72. The Balaban J connectivity index is 2.01. The quantitative estimate of drug-likeness (QED) is 0.391. The molecule has 0 amide bonds. The lowest BCUT2D eigenvalue weighted by Gasteiger charge is -2.14. The van der Waals surface area contributed by atoms with Crippen molar-refractivity contribution in [1.82, 2.24) is 14.6 Å². The third-order valence-electron chi connectivity index (χ3n) is 5.69. The van der Waals surface area contributed by atoms with Gasteiger partial charge in [-0.3, -0.25) is 0 Å². The van der Waals surface area contributed by atoms with Crippen LogP contribution in [0.1, 0.15) is 55.1 Å². The number of methoxy groups -OCH3 is 1. The fourth-order valence-corrected chi connectivity index (χ4v) is 5.45. The molecule has 1 aromatic carbocycles. The molecule has 0 saturated heterocycles. The van der Waals surface area contributed by atoms with E-state index in [0.29, 0.717) is 5.92 Å². The number of fused-ring (bicyclic) bond motifs is 2. The molecule has 0 bridgehead atoms. The first-order valence-electron chi connectivity index (χ1n) is 9.92. The van der Waals surface area contributed by atoms with Crippen LogP contribution in [0.4, 0.5) is 0 Å². The van der Waals surface area contributed by atoms with Gasteiger partial charge < -0.3 is 4.74 Å². The topological polar surface area (TPSA) is 39.4 Å². The summed E-state index contributed by atoms with van der Waals surface area (Å²) >= 11 is 1.79. The van der Waals surface area contributed by atoms with Crippen molar-refractivity contribution in [3.63, 3.8) is 0 Å². The molecule has 0 atom stereocenters. The molecule has 3 aromatic heterocycles. The number of aryl methyl sites for hydroxylation is 3. The molecule has 4 nitrogen and oxygen atoms in total. The van der Waals surface area contributed by atoms with Crippen LogP contribution in [-0.4, -0.2) is 21.7 Å². The van der Waals surface area contributed by atoms with Crippen molar-refractivity contribution in [2.24, 2.45) is 0 Å². The van der Waals surface area contributed by atoms with Crippen LogP contribution in [0.5, 0.6) is 5.75 Å². The van der Waals surface area contributed by atoms with Crippen molar-refractivity contribution in [3.8, 4) is 16.3 Å². The third-order valence-corrected chi connectivity index (χ3v) is 6.96. The second kappa shape index (κ2) is 7.21. The first-order valence-corrected chi connectivity index (χ1v) is 10.7. The first kappa shape index (κ1) is 18.9.